The Hall–Kier alpha value is -0.620. The summed E-state index contributed by atoms with van der Waals surface area (Å²) >= 11 is 0. The van der Waals surface area contributed by atoms with E-state index in [0.29, 0.717) is 12.5 Å². The second kappa shape index (κ2) is 4.94. The molecule has 6 heteroatoms. The minimum absolute atomic E-state index is 0.0429. The normalized spacial score (nSPS) is 35.2. The molecule has 1 saturated heterocycles. The van der Waals surface area contributed by atoms with E-state index >= 15 is 0 Å². The molecule has 1 saturated carbocycles. The number of amides is 1. The summed E-state index contributed by atoms with van der Waals surface area (Å²) in [5.74, 6) is 1.58. The van der Waals surface area contributed by atoms with E-state index in [1.807, 2.05) is 0 Å². The lowest BCUT2D eigenvalue weighted by Gasteiger charge is -2.23. The quantitative estimate of drug-likeness (QED) is 0.717. The van der Waals surface area contributed by atoms with E-state index in [2.05, 4.69) is 17.6 Å². The molecule has 0 radical (unpaired) electrons. The largest absolute Gasteiger partial charge is 0.356 e. The number of sulfone groups is 1. The molecule has 3 atom stereocenters. The van der Waals surface area contributed by atoms with Gasteiger partial charge in [-0.05, 0) is 18.3 Å². The van der Waals surface area contributed by atoms with Crippen molar-refractivity contribution in [1.82, 2.24) is 10.6 Å². The van der Waals surface area contributed by atoms with E-state index in [0.717, 1.165) is 12.5 Å². The molecule has 98 valence electrons. The third kappa shape index (κ3) is 3.96. The SMILES string of the molecule is CC1CC1CNC(=O)CC1CS(=O)(=O)CCN1. The molecule has 2 rings (SSSR count). The van der Waals surface area contributed by atoms with Crippen LogP contribution in [-0.4, -0.2) is 45.0 Å². The first kappa shape index (κ1) is 12.8. The third-order valence-corrected chi connectivity index (χ3v) is 5.31. The van der Waals surface area contributed by atoms with Crippen LogP contribution < -0.4 is 10.6 Å². The Kier molecular flexibility index (Phi) is 3.73. The fraction of sp³-hybridized carbons (Fsp3) is 0.909. The van der Waals surface area contributed by atoms with Gasteiger partial charge in [0.25, 0.3) is 0 Å². The molecule has 1 heterocycles. The van der Waals surface area contributed by atoms with Crippen LogP contribution in [-0.2, 0) is 14.6 Å². The van der Waals surface area contributed by atoms with Crippen LogP contribution in [0.2, 0.25) is 0 Å². The fourth-order valence-corrected chi connectivity index (χ4v) is 3.67. The summed E-state index contributed by atoms with van der Waals surface area (Å²) < 4.78 is 22.8. The van der Waals surface area contributed by atoms with Gasteiger partial charge in [-0.25, -0.2) is 8.42 Å². The fourth-order valence-electron chi connectivity index (χ4n) is 2.22. The molecule has 0 aromatic rings. The maximum atomic E-state index is 11.6. The van der Waals surface area contributed by atoms with Crippen molar-refractivity contribution in [3.63, 3.8) is 0 Å². The zero-order valence-electron chi connectivity index (χ0n) is 10.1. The standard InChI is InChI=1S/C11H20N2O3S/c1-8-4-9(8)6-13-11(14)5-10-7-17(15,16)3-2-12-10/h8-10,12H,2-7H2,1H3,(H,13,14). The predicted molar refractivity (Wildman–Crippen MR) is 65.3 cm³/mol. The highest BCUT2D eigenvalue weighted by Gasteiger charge is 2.33. The van der Waals surface area contributed by atoms with Gasteiger partial charge in [-0.3, -0.25) is 4.79 Å². The molecule has 0 aromatic carbocycles. The Balaban J connectivity index is 1.70. The van der Waals surface area contributed by atoms with Crippen LogP contribution in [0, 0.1) is 11.8 Å². The summed E-state index contributed by atoms with van der Waals surface area (Å²) in [4.78, 5) is 11.6. The van der Waals surface area contributed by atoms with Gasteiger partial charge < -0.3 is 10.6 Å². The van der Waals surface area contributed by atoms with Crippen molar-refractivity contribution in [1.29, 1.82) is 0 Å². The molecule has 5 nitrogen and oxygen atoms in total. The van der Waals surface area contributed by atoms with E-state index in [1.165, 1.54) is 6.42 Å². The van der Waals surface area contributed by atoms with Crippen LogP contribution >= 0.6 is 0 Å². The first-order valence-corrected chi connectivity index (χ1v) is 7.99. The average Bonchev–Trinajstić information content (AvgIpc) is 2.90. The molecule has 1 amide bonds. The number of rotatable bonds is 4. The second-order valence-corrected chi connectivity index (χ2v) is 7.48. The lowest BCUT2D eigenvalue weighted by Crippen LogP contribution is -2.47. The highest BCUT2D eigenvalue weighted by atomic mass is 32.2. The molecular formula is C11H20N2O3S. The van der Waals surface area contributed by atoms with Crippen LogP contribution in [0.1, 0.15) is 19.8 Å². The summed E-state index contributed by atoms with van der Waals surface area (Å²) in [5, 5.41) is 5.95. The van der Waals surface area contributed by atoms with Crippen LogP contribution in [0.4, 0.5) is 0 Å². The summed E-state index contributed by atoms with van der Waals surface area (Å²) in [7, 11) is -2.95. The molecule has 2 aliphatic rings. The van der Waals surface area contributed by atoms with Crippen LogP contribution in [0.5, 0.6) is 0 Å². The zero-order valence-corrected chi connectivity index (χ0v) is 10.9. The van der Waals surface area contributed by atoms with Gasteiger partial charge in [-0.1, -0.05) is 6.92 Å². The molecule has 3 unspecified atom stereocenters. The van der Waals surface area contributed by atoms with E-state index in [4.69, 9.17) is 0 Å². The highest BCUT2D eigenvalue weighted by Crippen LogP contribution is 2.36. The van der Waals surface area contributed by atoms with Gasteiger partial charge in [0.05, 0.1) is 11.5 Å². The molecule has 17 heavy (non-hydrogen) atoms. The van der Waals surface area contributed by atoms with E-state index < -0.39 is 9.84 Å². The molecule has 2 fully saturated rings. The first-order chi connectivity index (χ1) is 7.96. The molecule has 2 N–H and O–H groups in total. The lowest BCUT2D eigenvalue weighted by atomic mass is 10.2. The van der Waals surface area contributed by atoms with Crippen molar-refractivity contribution in [2.24, 2.45) is 11.8 Å². The van der Waals surface area contributed by atoms with Gasteiger partial charge in [-0.15, -0.1) is 0 Å². The number of hydrogen-bond acceptors (Lipinski definition) is 4. The molecule has 0 aromatic heterocycles. The second-order valence-electron chi connectivity index (χ2n) is 5.25. The number of carbonyl (C=O) groups is 1. The number of carbonyl (C=O) groups excluding carboxylic acids is 1. The van der Waals surface area contributed by atoms with Crippen molar-refractivity contribution < 1.29 is 13.2 Å². The van der Waals surface area contributed by atoms with Gasteiger partial charge in [0.1, 0.15) is 0 Å². The monoisotopic (exact) mass is 260 g/mol. The predicted octanol–water partition coefficient (Wildman–Crippen LogP) is -0.465. The highest BCUT2D eigenvalue weighted by molar-refractivity contribution is 7.91. The molecule has 0 spiro atoms. The summed E-state index contributed by atoms with van der Waals surface area (Å²) in [5.41, 5.74) is 0. The van der Waals surface area contributed by atoms with Gasteiger partial charge in [0.15, 0.2) is 9.84 Å². The van der Waals surface area contributed by atoms with Crippen molar-refractivity contribution in [2.75, 3.05) is 24.6 Å². The van der Waals surface area contributed by atoms with E-state index in [1.54, 1.807) is 0 Å². The van der Waals surface area contributed by atoms with Crippen molar-refractivity contribution >= 4 is 15.7 Å². The maximum Gasteiger partial charge on any atom is 0.221 e. The van der Waals surface area contributed by atoms with Gasteiger partial charge >= 0.3 is 0 Å². The Morgan fingerprint density at radius 2 is 2.18 bits per heavy atom. The van der Waals surface area contributed by atoms with Crippen molar-refractivity contribution in [2.45, 2.75) is 25.8 Å². The molecular weight excluding hydrogens is 240 g/mol. The topological polar surface area (TPSA) is 75.3 Å². The summed E-state index contributed by atoms with van der Waals surface area (Å²) in [6.07, 6.45) is 1.46. The number of hydrogen-bond donors (Lipinski definition) is 2. The van der Waals surface area contributed by atoms with Crippen molar-refractivity contribution in [3.8, 4) is 0 Å². The molecule has 1 aliphatic heterocycles. The summed E-state index contributed by atoms with van der Waals surface area (Å²) in [6, 6.07) is -0.217. The number of nitrogens with one attached hydrogen (secondary N) is 2. The van der Waals surface area contributed by atoms with E-state index in [9.17, 15) is 13.2 Å². The molecule has 1 aliphatic carbocycles. The molecule has 0 bridgehead atoms. The lowest BCUT2D eigenvalue weighted by molar-refractivity contribution is -0.121. The Labute approximate surface area is 102 Å². The Morgan fingerprint density at radius 3 is 2.76 bits per heavy atom. The van der Waals surface area contributed by atoms with E-state index in [-0.39, 0.29) is 29.9 Å². The smallest absolute Gasteiger partial charge is 0.221 e. The summed E-state index contributed by atoms with van der Waals surface area (Å²) in [6.45, 7) is 3.37. The van der Waals surface area contributed by atoms with Crippen LogP contribution in [0.25, 0.3) is 0 Å². The van der Waals surface area contributed by atoms with Gasteiger partial charge in [0, 0.05) is 25.6 Å². The van der Waals surface area contributed by atoms with Crippen LogP contribution in [0.3, 0.4) is 0 Å². The van der Waals surface area contributed by atoms with Gasteiger partial charge in [-0.2, -0.15) is 0 Å². The zero-order chi connectivity index (χ0) is 12.5. The third-order valence-electron chi connectivity index (χ3n) is 3.57. The average molecular weight is 260 g/mol. The first-order valence-electron chi connectivity index (χ1n) is 6.17. The van der Waals surface area contributed by atoms with Crippen molar-refractivity contribution in [3.05, 3.63) is 0 Å². The Bertz CT molecular complexity index is 394. The Morgan fingerprint density at radius 1 is 1.47 bits per heavy atom. The minimum Gasteiger partial charge on any atom is -0.356 e. The minimum atomic E-state index is -2.95. The van der Waals surface area contributed by atoms with Gasteiger partial charge in [0.2, 0.25) is 5.91 Å². The van der Waals surface area contributed by atoms with Crippen LogP contribution in [0.15, 0.2) is 0 Å². The maximum absolute atomic E-state index is 11.6.